The van der Waals surface area contributed by atoms with Crippen LogP contribution in [0.25, 0.3) is 0 Å². The molecule has 0 bridgehead atoms. The highest BCUT2D eigenvalue weighted by Gasteiger charge is 2.33. The number of amides is 2. The van der Waals surface area contributed by atoms with Crippen molar-refractivity contribution >= 4 is 17.5 Å². The van der Waals surface area contributed by atoms with Crippen LogP contribution in [0.5, 0.6) is 0 Å². The lowest BCUT2D eigenvalue weighted by atomic mass is 9.77. The molecule has 3 aliphatic rings. The highest BCUT2D eigenvalue weighted by Crippen LogP contribution is 2.38. The van der Waals surface area contributed by atoms with Gasteiger partial charge < -0.3 is 5.32 Å². The summed E-state index contributed by atoms with van der Waals surface area (Å²) in [6, 6.07) is 3.39. The lowest BCUT2D eigenvalue weighted by molar-refractivity contribution is -0.117. The van der Waals surface area contributed by atoms with Gasteiger partial charge in [0.25, 0.3) is 11.8 Å². The Morgan fingerprint density at radius 1 is 1.29 bits per heavy atom. The molecule has 2 aliphatic carbocycles. The Morgan fingerprint density at radius 2 is 2.17 bits per heavy atom. The number of carbonyl (C=O) groups excluding carboxylic acids is 2. The third-order valence-electron chi connectivity index (χ3n) is 4.65. The highest BCUT2D eigenvalue weighted by molar-refractivity contribution is 6.14. The van der Waals surface area contributed by atoms with Gasteiger partial charge in [-0.3, -0.25) is 14.6 Å². The Hall–Kier alpha value is -2.82. The van der Waals surface area contributed by atoms with Crippen molar-refractivity contribution in [3.8, 4) is 0 Å². The number of hydrogen-bond acceptors (Lipinski definition) is 3. The molecular formula is C19H17N3O2. The first-order valence-electron chi connectivity index (χ1n) is 8.18. The number of aliphatic imine (C=N–C) groups is 1. The first-order chi connectivity index (χ1) is 11.7. The predicted molar refractivity (Wildman–Crippen MR) is 90.4 cm³/mol. The lowest BCUT2D eigenvalue weighted by Gasteiger charge is -2.33. The van der Waals surface area contributed by atoms with E-state index in [1.807, 2.05) is 12.2 Å². The molecule has 0 fully saturated rings. The molecule has 0 aromatic carbocycles. The van der Waals surface area contributed by atoms with E-state index in [-0.39, 0.29) is 17.7 Å². The molecule has 0 saturated heterocycles. The molecule has 5 heteroatoms. The van der Waals surface area contributed by atoms with E-state index >= 15 is 0 Å². The molecule has 24 heavy (non-hydrogen) atoms. The van der Waals surface area contributed by atoms with E-state index in [1.54, 1.807) is 24.4 Å². The summed E-state index contributed by atoms with van der Waals surface area (Å²) in [7, 11) is 0. The van der Waals surface area contributed by atoms with Gasteiger partial charge in [0.05, 0.1) is 11.3 Å². The van der Waals surface area contributed by atoms with Gasteiger partial charge in [-0.1, -0.05) is 6.08 Å². The molecule has 1 atom stereocenters. The average Bonchev–Trinajstić information content (AvgIpc) is 2.62. The van der Waals surface area contributed by atoms with Crippen LogP contribution in [-0.2, 0) is 4.79 Å². The summed E-state index contributed by atoms with van der Waals surface area (Å²) in [5.41, 5.74) is 3.99. The predicted octanol–water partition coefficient (Wildman–Crippen LogP) is 2.73. The van der Waals surface area contributed by atoms with Gasteiger partial charge in [-0.2, -0.15) is 0 Å². The number of fused-ring (bicyclic) bond motifs is 2. The number of nitrogens with zero attached hydrogens (tertiary/aromatic N) is 2. The van der Waals surface area contributed by atoms with Crippen LogP contribution in [-0.4, -0.2) is 22.5 Å². The summed E-state index contributed by atoms with van der Waals surface area (Å²) in [5, 5.41) is 2.97. The van der Waals surface area contributed by atoms with Crippen LogP contribution in [0, 0.1) is 5.92 Å². The Balaban J connectivity index is 1.63. The van der Waals surface area contributed by atoms with Gasteiger partial charge in [-0.15, -0.1) is 0 Å². The molecule has 1 N–H and O–H groups in total. The summed E-state index contributed by atoms with van der Waals surface area (Å²) in [6.07, 6.45) is 12.8. The van der Waals surface area contributed by atoms with Crippen LogP contribution in [0.1, 0.15) is 36.0 Å². The third-order valence-corrected chi connectivity index (χ3v) is 4.65. The first kappa shape index (κ1) is 14.8. The van der Waals surface area contributed by atoms with Crippen molar-refractivity contribution in [2.24, 2.45) is 10.9 Å². The molecule has 0 spiro atoms. The SMILES string of the molecule is O=C1NC2=CC(=NC(=O)c3cccnc3)C=CC2C2=C1CCCC2. The first-order valence-corrected chi connectivity index (χ1v) is 8.18. The van der Waals surface area contributed by atoms with E-state index in [9.17, 15) is 9.59 Å². The number of nitrogens with one attached hydrogen (secondary N) is 1. The van der Waals surface area contributed by atoms with Crippen LogP contribution in [0.4, 0.5) is 0 Å². The fraction of sp³-hybridized carbons (Fsp3) is 0.263. The van der Waals surface area contributed by atoms with E-state index in [4.69, 9.17) is 0 Å². The van der Waals surface area contributed by atoms with Crippen LogP contribution in [0.15, 0.2) is 64.6 Å². The molecule has 2 heterocycles. The Labute approximate surface area is 139 Å². The second kappa shape index (κ2) is 6.00. The van der Waals surface area contributed by atoms with Gasteiger partial charge in [0.2, 0.25) is 0 Å². The van der Waals surface area contributed by atoms with Crippen molar-refractivity contribution in [2.45, 2.75) is 25.7 Å². The normalized spacial score (nSPS) is 24.2. The maximum absolute atomic E-state index is 12.3. The minimum absolute atomic E-state index is 0.000404. The van der Waals surface area contributed by atoms with Crippen LogP contribution in [0.3, 0.4) is 0 Å². The number of rotatable bonds is 1. The van der Waals surface area contributed by atoms with E-state index in [0.29, 0.717) is 11.3 Å². The zero-order chi connectivity index (χ0) is 16.5. The summed E-state index contributed by atoms with van der Waals surface area (Å²) in [5.74, 6) is -0.219. The van der Waals surface area contributed by atoms with Crippen LogP contribution < -0.4 is 5.32 Å². The zero-order valence-electron chi connectivity index (χ0n) is 13.2. The lowest BCUT2D eigenvalue weighted by Crippen LogP contribution is -2.37. The van der Waals surface area contributed by atoms with Crippen LogP contribution >= 0.6 is 0 Å². The summed E-state index contributed by atoms with van der Waals surface area (Å²) >= 11 is 0. The van der Waals surface area contributed by atoms with Crippen molar-refractivity contribution in [3.05, 3.63) is 65.2 Å². The Bertz CT molecular complexity index is 831. The molecule has 1 aliphatic heterocycles. The average molecular weight is 319 g/mol. The fourth-order valence-corrected chi connectivity index (χ4v) is 3.49. The van der Waals surface area contributed by atoms with Crippen molar-refractivity contribution in [2.75, 3.05) is 0 Å². The van der Waals surface area contributed by atoms with Gasteiger partial charge >= 0.3 is 0 Å². The topological polar surface area (TPSA) is 71.4 Å². The van der Waals surface area contributed by atoms with Crippen LogP contribution in [0.2, 0.25) is 0 Å². The largest absolute Gasteiger partial charge is 0.325 e. The van der Waals surface area contributed by atoms with Crippen molar-refractivity contribution in [1.82, 2.24) is 10.3 Å². The molecule has 1 aromatic rings. The maximum Gasteiger partial charge on any atom is 0.279 e. The highest BCUT2D eigenvalue weighted by atomic mass is 16.2. The minimum atomic E-state index is -0.335. The Morgan fingerprint density at radius 3 is 3.00 bits per heavy atom. The minimum Gasteiger partial charge on any atom is -0.325 e. The number of aromatic nitrogens is 1. The number of pyridine rings is 1. The molecule has 4 rings (SSSR count). The summed E-state index contributed by atoms with van der Waals surface area (Å²) in [6.45, 7) is 0. The second-order valence-corrected chi connectivity index (χ2v) is 6.19. The van der Waals surface area contributed by atoms with Gasteiger partial charge in [-0.05, 0) is 55.5 Å². The van der Waals surface area contributed by atoms with E-state index in [0.717, 1.165) is 37.0 Å². The standard InChI is InChI=1S/C19H17N3O2/c23-18(12-4-3-9-20-11-12)21-13-7-8-15-14-5-1-2-6-16(14)19(24)22-17(15)10-13/h3-4,7-11,15H,1-2,5-6H2,(H,22,24). The smallest absolute Gasteiger partial charge is 0.279 e. The quantitative estimate of drug-likeness (QED) is 0.865. The zero-order valence-corrected chi connectivity index (χ0v) is 13.2. The third kappa shape index (κ3) is 2.62. The monoisotopic (exact) mass is 319 g/mol. The molecule has 1 aromatic heterocycles. The molecular weight excluding hydrogens is 302 g/mol. The van der Waals surface area contributed by atoms with E-state index in [2.05, 4.69) is 15.3 Å². The van der Waals surface area contributed by atoms with Gasteiger partial charge in [0.1, 0.15) is 0 Å². The van der Waals surface area contributed by atoms with Crippen molar-refractivity contribution in [1.29, 1.82) is 0 Å². The molecule has 1 unspecified atom stereocenters. The van der Waals surface area contributed by atoms with Gasteiger partial charge in [0.15, 0.2) is 0 Å². The van der Waals surface area contributed by atoms with Crippen molar-refractivity contribution in [3.63, 3.8) is 0 Å². The second-order valence-electron chi connectivity index (χ2n) is 6.19. The summed E-state index contributed by atoms with van der Waals surface area (Å²) < 4.78 is 0. The maximum atomic E-state index is 12.3. The van der Waals surface area contributed by atoms with Gasteiger partial charge in [0, 0.05) is 29.6 Å². The van der Waals surface area contributed by atoms with E-state index < -0.39 is 0 Å². The molecule has 2 amide bonds. The molecule has 120 valence electrons. The summed E-state index contributed by atoms with van der Waals surface area (Å²) in [4.78, 5) is 32.5. The molecule has 5 nitrogen and oxygen atoms in total. The molecule has 0 saturated carbocycles. The van der Waals surface area contributed by atoms with Crippen molar-refractivity contribution < 1.29 is 9.59 Å². The number of carbonyl (C=O) groups is 2. The molecule has 0 radical (unpaired) electrons. The van der Waals surface area contributed by atoms with E-state index in [1.165, 1.54) is 11.8 Å². The number of allylic oxidation sites excluding steroid dienone is 3. The number of hydrogen-bond donors (Lipinski definition) is 1. The Kier molecular flexibility index (Phi) is 3.69. The van der Waals surface area contributed by atoms with Gasteiger partial charge in [-0.25, -0.2) is 4.99 Å². The fourth-order valence-electron chi connectivity index (χ4n) is 3.49.